The van der Waals surface area contributed by atoms with Gasteiger partial charge in [0.2, 0.25) is 0 Å². The van der Waals surface area contributed by atoms with Gasteiger partial charge in [0.15, 0.2) is 11.6 Å². The topological polar surface area (TPSA) is 32.3 Å². The van der Waals surface area contributed by atoms with Crippen LogP contribution in [0.4, 0.5) is 4.39 Å². The molecule has 0 aliphatic carbocycles. The van der Waals surface area contributed by atoms with Crippen molar-refractivity contribution in [1.82, 2.24) is 5.32 Å². The average molecular weight is 324 g/mol. The van der Waals surface area contributed by atoms with Crippen molar-refractivity contribution in [2.45, 2.75) is 19.5 Å². The molecule has 2 aromatic rings. The summed E-state index contributed by atoms with van der Waals surface area (Å²) in [6, 6.07) is 12.6. The minimum Gasteiger partial charge on any atom is -0.505 e. The highest BCUT2D eigenvalue weighted by molar-refractivity contribution is 9.10. The summed E-state index contributed by atoms with van der Waals surface area (Å²) < 4.78 is 14.3. The van der Waals surface area contributed by atoms with Gasteiger partial charge in [0.25, 0.3) is 0 Å². The summed E-state index contributed by atoms with van der Waals surface area (Å²) in [7, 11) is 0. The van der Waals surface area contributed by atoms with Crippen molar-refractivity contribution >= 4 is 15.9 Å². The minimum absolute atomic E-state index is 0.146. The maximum Gasteiger partial charge on any atom is 0.165 e. The van der Waals surface area contributed by atoms with Gasteiger partial charge in [-0.3, -0.25) is 0 Å². The van der Waals surface area contributed by atoms with Crippen LogP contribution in [0.1, 0.15) is 24.1 Å². The Labute approximate surface area is 120 Å². The molecule has 0 amide bonds. The number of phenols is 1. The first-order valence-corrected chi connectivity index (χ1v) is 6.82. The molecule has 0 saturated carbocycles. The fourth-order valence-electron chi connectivity index (χ4n) is 1.87. The zero-order valence-electron chi connectivity index (χ0n) is 10.5. The fraction of sp³-hybridized carbons (Fsp3) is 0.200. The van der Waals surface area contributed by atoms with E-state index in [-0.39, 0.29) is 11.8 Å². The summed E-state index contributed by atoms with van der Waals surface area (Å²) in [4.78, 5) is 0. The zero-order valence-corrected chi connectivity index (χ0v) is 12.1. The highest BCUT2D eigenvalue weighted by Crippen LogP contribution is 2.23. The normalized spacial score (nSPS) is 12.4. The van der Waals surface area contributed by atoms with Crippen molar-refractivity contribution in [3.63, 3.8) is 0 Å². The standard InChI is InChI=1S/C15H15BrFNO/c1-10(12-4-2-3-5-13(12)16)18-9-11-6-7-15(19)14(17)8-11/h2-8,10,18-19H,9H2,1H3/t10-/m1/s1. The SMILES string of the molecule is C[C@@H](NCc1ccc(O)c(F)c1)c1ccccc1Br. The van der Waals surface area contributed by atoms with Crippen LogP contribution in [0.5, 0.6) is 5.75 Å². The first kappa shape index (κ1) is 14.0. The summed E-state index contributed by atoms with van der Waals surface area (Å²) in [5.74, 6) is -0.907. The molecule has 0 aliphatic heterocycles. The molecule has 19 heavy (non-hydrogen) atoms. The molecule has 2 N–H and O–H groups in total. The number of hydrogen-bond acceptors (Lipinski definition) is 2. The molecule has 2 nitrogen and oxygen atoms in total. The lowest BCUT2D eigenvalue weighted by Crippen LogP contribution is -2.18. The Morgan fingerprint density at radius 3 is 2.68 bits per heavy atom. The first-order valence-electron chi connectivity index (χ1n) is 6.03. The van der Waals surface area contributed by atoms with Crippen LogP contribution in [0, 0.1) is 5.82 Å². The van der Waals surface area contributed by atoms with Gasteiger partial charge in [0, 0.05) is 17.1 Å². The third-order valence-corrected chi connectivity index (χ3v) is 3.72. The number of aromatic hydroxyl groups is 1. The Balaban J connectivity index is 2.02. The number of phenolic OH excluding ortho intramolecular Hbond substituents is 1. The molecular weight excluding hydrogens is 309 g/mol. The smallest absolute Gasteiger partial charge is 0.165 e. The molecule has 0 radical (unpaired) electrons. The van der Waals surface area contributed by atoms with Gasteiger partial charge < -0.3 is 10.4 Å². The van der Waals surface area contributed by atoms with Crippen molar-refractivity contribution in [1.29, 1.82) is 0 Å². The third kappa shape index (κ3) is 3.55. The van der Waals surface area contributed by atoms with E-state index < -0.39 is 5.82 Å². The van der Waals surface area contributed by atoms with E-state index in [4.69, 9.17) is 5.11 Å². The van der Waals surface area contributed by atoms with E-state index in [1.54, 1.807) is 6.07 Å². The van der Waals surface area contributed by atoms with E-state index in [1.165, 1.54) is 12.1 Å². The lowest BCUT2D eigenvalue weighted by molar-refractivity contribution is 0.431. The Morgan fingerprint density at radius 2 is 2.00 bits per heavy atom. The second-order valence-corrected chi connectivity index (χ2v) is 5.26. The van der Waals surface area contributed by atoms with E-state index in [0.717, 1.165) is 15.6 Å². The minimum atomic E-state index is -0.590. The second kappa shape index (κ2) is 6.17. The van der Waals surface area contributed by atoms with E-state index in [2.05, 4.69) is 28.2 Å². The molecule has 0 unspecified atom stereocenters. The Morgan fingerprint density at radius 1 is 1.26 bits per heavy atom. The van der Waals surface area contributed by atoms with Crippen molar-refractivity contribution in [3.05, 3.63) is 63.9 Å². The van der Waals surface area contributed by atoms with Gasteiger partial charge in [-0.1, -0.05) is 40.2 Å². The van der Waals surface area contributed by atoms with Crippen LogP contribution in [0.3, 0.4) is 0 Å². The molecule has 1 atom stereocenters. The molecule has 0 bridgehead atoms. The molecule has 0 aliphatic rings. The highest BCUT2D eigenvalue weighted by atomic mass is 79.9. The lowest BCUT2D eigenvalue weighted by Gasteiger charge is -2.16. The van der Waals surface area contributed by atoms with Gasteiger partial charge in [-0.2, -0.15) is 0 Å². The molecule has 0 heterocycles. The van der Waals surface area contributed by atoms with Crippen LogP contribution >= 0.6 is 15.9 Å². The average Bonchev–Trinajstić information content (AvgIpc) is 2.40. The largest absolute Gasteiger partial charge is 0.505 e. The number of rotatable bonds is 4. The molecule has 0 fully saturated rings. The summed E-state index contributed by atoms with van der Waals surface area (Å²) in [6.07, 6.45) is 0. The number of halogens is 2. The molecule has 0 aromatic heterocycles. The third-order valence-electron chi connectivity index (χ3n) is 3.00. The molecule has 100 valence electrons. The Kier molecular flexibility index (Phi) is 4.56. The summed E-state index contributed by atoms with van der Waals surface area (Å²) in [5.41, 5.74) is 1.95. The van der Waals surface area contributed by atoms with Crippen LogP contribution in [-0.2, 0) is 6.54 Å². The van der Waals surface area contributed by atoms with Crippen LogP contribution in [0.2, 0.25) is 0 Å². The molecule has 0 spiro atoms. The number of nitrogens with one attached hydrogen (secondary N) is 1. The van der Waals surface area contributed by atoms with Gasteiger partial charge in [-0.05, 0) is 36.2 Å². The fourth-order valence-corrected chi connectivity index (χ4v) is 2.50. The first-order chi connectivity index (χ1) is 9.08. The van der Waals surface area contributed by atoms with E-state index >= 15 is 0 Å². The van der Waals surface area contributed by atoms with E-state index in [0.29, 0.717) is 6.54 Å². The van der Waals surface area contributed by atoms with Gasteiger partial charge >= 0.3 is 0 Å². The Hall–Kier alpha value is -1.39. The van der Waals surface area contributed by atoms with Crippen molar-refractivity contribution in [2.75, 3.05) is 0 Å². The number of benzene rings is 2. The van der Waals surface area contributed by atoms with Crippen LogP contribution in [-0.4, -0.2) is 5.11 Å². The van der Waals surface area contributed by atoms with Gasteiger partial charge in [0.1, 0.15) is 0 Å². The maximum absolute atomic E-state index is 13.2. The van der Waals surface area contributed by atoms with E-state index in [9.17, 15) is 4.39 Å². The monoisotopic (exact) mass is 323 g/mol. The zero-order chi connectivity index (χ0) is 13.8. The quantitative estimate of drug-likeness (QED) is 0.886. The summed E-state index contributed by atoms with van der Waals surface area (Å²) >= 11 is 3.51. The van der Waals surface area contributed by atoms with Crippen LogP contribution in [0.25, 0.3) is 0 Å². The van der Waals surface area contributed by atoms with Crippen molar-refractivity contribution < 1.29 is 9.50 Å². The summed E-state index contributed by atoms with van der Waals surface area (Å²) in [6.45, 7) is 2.59. The molecule has 2 aromatic carbocycles. The predicted molar refractivity (Wildman–Crippen MR) is 77.5 cm³/mol. The van der Waals surface area contributed by atoms with Crippen LogP contribution < -0.4 is 5.32 Å². The van der Waals surface area contributed by atoms with Crippen LogP contribution in [0.15, 0.2) is 46.9 Å². The van der Waals surface area contributed by atoms with E-state index in [1.807, 2.05) is 24.3 Å². The number of hydrogen-bond donors (Lipinski definition) is 2. The highest BCUT2D eigenvalue weighted by Gasteiger charge is 2.08. The van der Waals surface area contributed by atoms with Gasteiger partial charge in [-0.25, -0.2) is 4.39 Å². The Bertz CT molecular complexity index is 574. The lowest BCUT2D eigenvalue weighted by atomic mass is 10.1. The molecule has 4 heteroatoms. The second-order valence-electron chi connectivity index (χ2n) is 4.41. The van der Waals surface area contributed by atoms with Crippen molar-refractivity contribution in [2.24, 2.45) is 0 Å². The maximum atomic E-state index is 13.2. The summed E-state index contributed by atoms with van der Waals surface area (Å²) in [5, 5.41) is 12.5. The molecule has 0 saturated heterocycles. The van der Waals surface area contributed by atoms with Crippen molar-refractivity contribution in [3.8, 4) is 5.75 Å². The predicted octanol–water partition coefficient (Wildman–Crippen LogP) is 4.14. The van der Waals surface area contributed by atoms with Gasteiger partial charge in [0.05, 0.1) is 0 Å². The molecule has 2 rings (SSSR count). The van der Waals surface area contributed by atoms with Gasteiger partial charge in [-0.15, -0.1) is 0 Å². The molecular formula is C15H15BrFNO.